The van der Waals surface area contributed by atoms with E-state index in [2.05, 4.69) is 16.6 Å². The van der Waals surface area contributed by atoms with Crippen molar-refractivity contribution >= 4 is 34.6 Å². The molecule has 0 N–H and O–H groups in total. The van der Waals surface area contributed by atoms with Crippen molar-refractivity contribution < 1.29 is 14.3 Å². The molecule has 1 fully saturated rings. The summed E-state index contributed by atoms with van der Waals surface area (Å²) in [5, 5.41) is 0.599. The zero-order chi connectivity index (χ0) is 19.9. The average molecular weight is 395 g/mol. The Bertz CT molecular complexity index is 926. The molecule has 7 heteroatoms. The van der Waals surface area contributed by atoms with E-state index < -0.39 is 0 Å². The number of thioether (sulfide) groups is 1. The lowest BCUT2D eigenvalue weighted by Gasteiger charge is -2.12. The molecule has 1 aromatic carbocycles. The second-order valence-corrected chi connectivity index (χ2v) is 6.77. The van der Waals surface area contributed by atoms with Gasteiger partial charge in [0.05, 0.1) is 30.5 Å². The van der Waals surface area contributed by atoms with Gasteiger partial charge in [-0.05, 0) is 54.6 Å². The van der Waals surface area contributed by atoms with Crippen molar-refractivity contribution in [2.75, 3.05) is 20.3 Å². The van der Waals surface area contributed by atoms with Crippen LogP contribution in [0.1, 0.15) is 12.5 Å². The number of benzene rings is 1. The predicted octanol–water partition coefficient (Wildman–Crippen LogP) is 4.28. The number of pyridine rings is 1. The molecule has 1 aromatic heterocycles. The third kappa shape index (κ3) is 4.43. The number of rotatable bonds is 7. The predicted molar refractivity (Wildman–Crippen MR) is 113 cm³/mol. The fourth-order valence-electron chi connectivity index (χ4n) is 2.61. The number of hydrogen-bond donors (Lipinski definition) is 0. The quantitative estimate of drug-likeness (QED) is 0.517. The summed E-state index contributed by atoms with van der Waals surface area (Å²) in [7, 11) is 1.59. The molecule has 1 amide bonds. The highest BCUT2D eigenvalue weighted by Crippen LogP contribution is 2.35. The zero-order valence-electron chi connectivity index (χ0n) is 15.8. The molecule has 0 atom stereocenters. The molecule has 2 aromatic rings. The zero-order valence-corrected chi connectivity index (χ0v) is 16.6. The molecule has 0 radical (unpaired) electrons. The number of methoxy groups -OCH3 is 1. The van der Waals surface area contributed by atoms with E-state index in [1.807, 2.05) is 43.3 Å². The number of nitrogens with zero attached hydrogens (tertiary/aromatic N) is 3. The van der Waals surface area contributed by atoms with Crippen LogP contribution in [-0.2, 0) is 4.79 Å². The van der Waals surface area contributed by atoms with Crippen molar-refractivity contribution in [2.45, 2.75) is 6.92 Å². The van der Waals surface area contributed by atoms with Crippen LogP contribution in [0.25, 0.3) is 6.08 Å². The molecule has 6 nitrogen and oxygen atoms in total. The molecule has 2 heterocycles. The number of carbonyl (C=O) groups is 1. The maximum absolute atomic E-state index is 12.9. The van der Waals surface area contributed by atoms with E-state index in [4.69, 9.17) is 9.47 Å². The maximum Gasteiger partial charge on any atom is 0.267 e. The molecule has 3 rings (SSSR count). The fourth-order valence-corrected chi connectivity index (χ4v) is 3.62. The third-order valence-corrected chi connectivity index (χ3v) is 4.86. The van der Waals surface area contributed by atoms with E-state index in [0.717, 1.165) is 5.56 Å². The van der Waals surface area contributed by atoms with Crippen LogP contribution in [0.4, 0.5) is 5.69 Å². The Hall–Kier alpha value is -3.06. The van der Waals surface area contributed by atoms with Gasteiger partial charge in [0.15, 0.2) is 16.7 Å². The minimum absolute atomic E-state index is 0.111. The van der Waals surface area contributed by atoms with E-state index in [1.165, 1.54) is 11.8 Å². The van der Waals surface area contributed by atoms with Gasteiger partial charge in [0, 0.05) is 12.7 Å². The highest BCUT2D eigenvalue weighted by Gasteiger charge is 2.32. The van der Waals surface area contributed by atoms with Crippen LogP contribution in [0, 0.1) is 0 Å². The molecule has 0 bridgehead atoms. The van der Waals surface area contributed by atoms with Crippen LogP contribution in [0.5, 0.6) is 11.5 Å². The van der Waals surface area contributed by atoms with Crippen molar-refractivity contribution in [3.63, 3.8) is 0 Å². The Balaban J connectivity index is 1.93. The van der Waals surface area contributed by atoms with E-state index in [-0.39, 0.29) is 5.91 Å². The fraction of sp³-hybridized carbons (Fsp3) is 0.190. The molecule has 1 aliphatic rings. The summed E-state index contributed by atoms with van der Waals surface area (Å²) in [6.45, 7) is 6.59. The van der Waals surface area contributed by atoms with Gasteiger partial charge >= 0.3 is 0 Å². The van der Waals surface area contributed by atoms with Gasteiger partial charge < -0.3 is 9.47 Å². The first kappa shape index (κ1) is 19.7. The van der Waals surface area contributed by atoms with Crippen molar-refractivity contribution in [1.29, 1.82) is 0 Å². The normalized spacial score (nSPS) is 16.6. The van der Waals surface area contributed by atoms with Crippen LogP contribution < -0.4 is 9.47 Å². The number of ether oxygens (including phenoxy) is 2. The van der Waals surface area contributed by atoms with Gasteiger partial charge in [-0.3, -0.25) is 14.7 Å². The first-order valence-electron chi connectivity index (χ1n) is 8.78. The highest BCUT2D eigenvalue weighted by atomic mass is 32.2. The molecule has 1 saturated heterocycles. The Kier molecular flexibility index (Phi) is 6.49. The summed E-state index contributed by atoms with van der Waals surface area (Å²) < 4.78 is 10.9. The third-order valence-electron chi connectivity index (χ3n) is 3.86. The monoisotopic (exact) mass is 395 g/mol. The smallest absolute Gasteiger partial charge is 0.267 e. The SMILES string of the molecule is C=CCN1C(=O)/C(=C/c2ccc(OCC)c(OC)c2)SC1=Nc1cccnc1. The Morgan fingerprint density at radius 1 is 1.32 bits per heavy atom. The molecular weight excluding hydrogens is 374 g/mol. The summed E-state index contributed by atoms with van der Waals surface area (Å²) in [6, 6.07) is 9.23. The van der Waals surface area contributed by atoms with Crippen LogP contribution in [-0.4, -0.2) is 41.2 Å². The van der Waals surface area contributed by atoms with E-state index in [0.29, 0.717) is 40.4 Å². The van der Waals surface area contributed by atoms with Crippen LogP contribution >= 0.6 is 11.8 Å². The van der Waals surface area contributed by atoms with E-state index in [9.17, 15) is 4.79 Å². The van der Waals surface area contributed by atoms with Crippen molar-refractivity contribution in [2.24, 2.45) is 4.99 Å². The molecule has 28 heavy (non-hydrogen) atoms. The first-order valence-corrected chi connectivity index (χ1v) is 9.59. The number of amidine groups is 1. The van der Waals surface area contributed by atoms with Gasteiger partial charge in [0.2, 0.25) is 0 Å². The van der Waals surface area contributed by atoms with E-state index >= 15 is 0 Å². The van der Waals surface area contributed by atoms with Crippen LogP contribution in [0.2, 0.25) is 0 Å². The Morgan fingerprint density at radius 3 is 2.86 bits per heavy atom. The molecule has 0 spiro atoms. The largest absolute Gasteiger partial charge is 0.493 e. The van der Waals surface area contributed by atoms with Gasteiger partial charge in [-0.25, -0.2) is 4.99 Å². The van der Waals surface area contributed by atoms with Crippen LogP contribution in [0.15, 0.2) is 65.3 Å². The van der Waals surface area contributed by atoms with Crippen molar-refractivity contribution in [3.8, 4) is 11.5 Å². The lowest BCUT2D eigenvalue weighted by Crippen LogP contribution is -2.29. The minimum Gasteiger partial charge on any atom is -0.493 e. The average Bonchev–Trinajstić information content (AvgIpc) is 2.99. The van der Waals surface area contributed by atoms with Gasteiger partial charge in [-0.2, -0.15) is 0 Å². The van der Waals surface area contributed by atoms with Gasteiger partial charge in [-0.1, -0.05) is 12.1 Å². The summed E-state index contributed by atoms with van der Waals surface area (Å²) in [5.41, 5.74) is 1.54. The van der Waals surface area contributed by atoms with Crippen molar-refractivity contribution in [1.82, 2.24) is 9.88 Å². The number of aromatic nitrogens is 1. The highest BCUT2D eigenvalue weighted by molar-refractivity contribution is 8.18. The topological polar surface area (TPSA) is 64.0 Å². The molecule has 0 aliphatic carbocycles. The van der Waals surface area contributed by atoms with Gasteiger partial charge in [0.25, 0.3) is 5.91 Å². The van der Waals surface area contributed by atoms with Crippen molar-refractivity contribution in [3.05, 3.63) is 65.8 Å². The number of amides is 1. The summed E-state index contributed by atoms with van der Waals surface area (Å²) in [6.07, 6.45) is 6.85. The second kappa shape index (κ2) is 9.23. The summed E-state index contributed by atoms with van der Waals surface area (Å²) in [4.78, 5) is 23.7. The number of aliphatic imine (C=N–C) groups is 1. The maximum atomic E-state index is 12.9. The number of carbonyl (C=O) groups excluding carboxylic acids is 1. The standard InChI is InChI=1S/C21H21N3O3S/c1-4-11-24-20(25)19(28-21(24)23-16-7-6-10-22-14-16)13-15-8-9-17(27-5-2)18(12-15)26-3/h4,6-10,12-14H,1,5,11H2,2-3H3/b19-13-,23-21?. The van der Waals surface area contributed by atoms with Gasteiger partial charge in [0.1, 0.15) is 0 Å². The van der Waals surface area contributed by atoms with Gasteiger partial charge in [-0.15, -0.1) is 6.58 Å². The molecule has 0 saturated carbocycles. The lowest BCUT2D eigenvalue weighted by atomic mass is 10.2. The lowest BCUT2D eigenvalue weighted by molar-refractivity contribution is -0.121. The minimum atomic E-state index is -0.111. The summed E-state index contributed by atoms with van der Waals surface area (Å²) in [5.74, 6) is 1.18. The molecule has 0 unspecified atom stereocenters. The number of hydrogen-bond acceptors (Lipinski definition) is 6. The Labute approximate surface area is 168 Å². The van der Waals surface area contributed by atoms with Crippen LogP contribution in [0.3, 0.4) is 0 Å². The summed E-state index contributed by atoms with van der Waals surface area (Å²) >= 11 is 1.32. The molecule has 144 valence electrons. The second-order valence-electron chi connectivity index (χ2n) is 5.76. The molecular formula is C21H21N3O3S. The molecule has 1 aliphatic heterocycles. The first-order chi connectivity index (χ1) is 13.7. The van der Waals surface area contributed by atoms with E-state index in [1.54, 1.807) is 30.5 Å². The Morgan fingerprint density at radius 2 is 2.18 bits per heavy atom.